The fraction of sp³-hybridized carbons (Fsp3) is 0.389. The Labute approximate surface area is 403 Å². The van der Waals surface area contributed by atoms with Crippen molar-refractivity contribution in [2.24, 2.45) is 0 Å². The third-order valence-electron chi connectivity index (χ3n) is 12.7. The van der Waals surface area contributed by atoms with E-state index in [9.17, 15) is 0 Å². The molecular weight excluding hydrogens is 877 g/mol. The molecule has 9 heterocycles. The fourth-order valence-electron chi connectivity index (χ4n) is 8.78. The number of ether oxygens (including phenoxy) is 9. The lowest BCUT2D eigenvalue weighted by Crippen LogP contribution is -2.35. The van der Waals surface area contributed by atoms with Crippen molar-refractivity contribution in [2.75, 3.05) is 98.7 Å². The Morgan fingerprint density at radius 1 is 0.362 bits per heavy atom. The van der Waals surface area contributed by atoms with Crippen LogP contribution in [0.2, 0.25) is 0 Å². The highest BCUT2D eigenvalue weighted by Gasteiger charge is 2.26. The average molecular weight is 937 g/mol. The summed E-state index contributed by atoms with van der Waals surface area (Å²) in [6.45, 7) is 15.5. The van der Waals surface area contributed by atoms with Crippen LogP contribution in [0.3, 0.4) is 0 Å². The molecule has 0 saturated carbocycles. The van der Waals surface area contributed by atoms with Crippen LogP contribution in [0, 0.1) is 0 Å². The van der Waals surface area contributed by atoms with Crippen molar-refractivity contribution >= 4 is 0 Å². The lowest BCUT2D eigenvalue weighted by molar-refractivity contribution is 0.0341. The number of morpholine rings is 3. The van der Waals surface area contributed by atoms with Crippen LogP contribution in [0.1, 0.15) is 51.7 Å². The summed E-state index contributed by atoms with van der Waals surface area (Å²) in [6.07, 6.45) is 4.85. The van der Waals surface area contributed by atoms with Crippen LogP contribution in [0.4, 0.5) is 0 Å². The fourth-order valence-corrected chi connectivity index (χ4v) is 8.78. The van der Waals surface area contributed by atoms with Gasteiger partial charge in [0, 0.05) is 77.5 Å². The van der Waals surface area contributed by atoms with Gasteiger partial charge in [0.1, 0.15) is 19.8 Å². The van der Waals surface area contributed by atoms with Gasteiger partial charge >= 0.3 is 0 Å². The van der Waals surface area contributed by atoms with Gasteiger partial charge in [-0.2, -0.15) is 0 Å². The minimum atomic E-state index is -0.102. The van der Waals surface area contributed by atoms with Crippen LogP contribution < -0.4 is 28.4 Å². The van der Waals surface area contributed by atoms with E-state index in [1.165, 1.54) is 16.7 Å². The van der Waals surface area contributed by atoms with Crippen LogP contribution in [0.25, 0.3) is 0 Å². The summed E-state index contributed by atoms with van der Waals surface area (Å²) < 4.78 is 51.2. The third kappa shape index (κ3) is 12.7. The molecule has 0 N–H and O–H groups in total. The molecule has 15 heteroatoms. The Balaban J connectivity index is 0.000000120. The molecule has 3 aromatic heterocycles. The smallest absolute Gasteiger partial charge is 0.257 e. The highest BCUT2D eigenvalue weighted by molar-refractivity contribution is 5.38. The summed E-state index contributed by atoms with van der Waals surface area (Å²) in [7, 11) is 0. The Morgan fingerprint density at radius 2 is 0.638 bits per heavy atom. The predicted octanol–water partition coefficient (Wildman–Crippen LogP) is 7.28. The maximum absolute atomic E-state index is 5.94. The molecule has 3 fully saturated rings. The lowest BCUT2D eigenvalue weighted by Gasteiger charge is -2.27. The van der Waals surface area contributed by atoms with Gasteiger partial charge in [0.05, 0.1) is 39.6 Å². The first kappa shape index (κ1) is 46.4. The highest BCUT2D eigenvalue weighted by Crippen LogP contribution is 2.36. The molecule has 3 aromatic carbocycles. The summed E-state index contributed by atoms with van der Waals surface area (Å²) >= 11 is 0. The van der Waals surface area contributed by atoms with Crippen molar-refractivity contribution in [3.63, 3.8) is 0 Å². The molecular formula is C54H60N6O9. The highest BCUT2D eigenvalue weighted by atomic mass is 16.6. The molecule has 6 aliphatic heterocycles. The second-order valence-corrected chi connectivity index (χ2v) is 17.6. The summed E-state index contributed by atoms with van der Waals surface area (Å²) in [6, 6.07) is 36.9. The lowest BCUT2D eigenvalue weighted by atomic mass is 10.1. The largest absolute Gasteiger partial charge is 0.484 e. The standard InChI is InChI=1S/3C18H20N2O3/c3*1-2-16-18(19-7-1)23-17(13-22-16)15-5-3-14(4-6-15)12-20-8-10-21-11-9-20/h3*1-7,17H,8-13H2/t2*17-;/m10./s1. The summed E-state index contributed by atoms with van der Waals surface area (Å²) in [5, 5.41) is 0. The van der Waals surface area contributed by atoms with Gasteiger partial charge in [0.15, 0.2) is 35.6 Å². The van der Waals surface area contributed by atoms with Crippen molar-refractivity contribution in [3.05, 3.63) is 161 Å². The Morgan fingerprint density at radius 3 is 0.913 bits per heavy atom. The van der Waals surface area contributed by atoms with Crippen molar-refractivity contribution in [2.45, 2.75) is 37.9 Å². The van der Waals surface area contributed by atoms with E-state index in [4.69, 9.17) is 42.6 Å². The van der Waals surface area contributed by atoms with Gasteiger partial charge in [-0.05, 0) is 69.8 Å². The van der Waals surface area contributed by atoms with Crippen LogP contribution in [-0.4, -0.2) is 128 Å². The summed E-state index contributed by atoms with van der Waals surface area (Å²) in [4.78, 5) is 19.9. The van der Waals surface area contributed by atoms with E-state index in [0.717, 1.165) is 115 Å². The maximum atomic E-state index is 5.94. The Hall–Kier alpha value is -6.33. The average Bonchev–Trinajstić information content (AvgIpc) is 3.42. The molecule has 15 nitrogen and oxygen atoms in total. The van der Waals surface area contributed by atoms with Crippen LogP contribution >= 0.6 is 0 Å². The van der Waals surface area contributed by atoms with Crippen LogP contribution in [0.5, 0.6) is 34.9 Å². The van der Waals surface area contributed by atoms with E-state index >= 15 is 0 Å². The van der Waals surface area contributed by atoms with E-state index in [1.807, 2.05) is 36.4 Å². The van der Waals surface area contributed by atoms with Gasteiger partial charge in [-0.3, -0.25) is 14.7 Å². The number of hydrogen-bond acceptors (Lipinski definition) is 15. The van der Waals surface area contributed by atoms with Gasteiger partial charge < -0.3 is 42.6 Å². The predicted molar refractivity (Wildman–Crippen MR) is 257 cm³/mol. The molecule has 69 heavy (non-hydrogen) atoms. The number of fused-ring (bicyclic) bond motifs is 3. The molecule has 0 aliphatic carbocycles. The zero-order chi connectivity index (χ0) is 46.5. The van der Waals surface area contributed by atoms with E-state index < -0.39 is 0 Å². The van der Waals surface area contributed by atoms with E-state index in [0.29, 0.717) is 54.7 Å². The van der Waals surface area contributed by atoms with Crippen LogP contribution in [-0.2, 0) is 33.8 Å². The van der Waals surface area contributed by atoms with Gasteiger partial charge in [-0.25, -0.2) is 15.0 Å². The number of hydrogen-bond donors (Lipinski definition) is 0. The maximum Gasteiger partial charge on any atom is 0.257 e. The van der Waals surface area contributed by atoms with Crippen LogP contribution in [0.15, 0.2) is 128 Å². The van der Waals surface area contributed by atoms with E-state index in [1.54, 1.807) is 18.6 Å². The Kier molecular flexibility index (Phi) is 15.7. The SMILES string of the molecule is c1cnc2c(c1)OCC(c1ccc(CN3CCOCC3)cc1)O2.c1cnc2c(c1)OC[C@@H](c1ccc(CN3CCOCC3)cc1)O2.c1cnc2c(c1)OC[C@H](c1ccc(CN3CCOCC3)cc1)O2. The van der Waals surface area contributed by atoms with Crippen molar-refractivity contribution in [1.29, 1.82) is 0 Å². The minimum Gasteiger partial charge on any atom is -0.484 e. The number of benzene rings is 3. The molecule has 0 radical (unpaired) electrons. The summed E-state index contributed by atoms with van der Waals surface area (Å²) in [5.41, 5.74) is 7.29. The van der Waals surface area contributed by atoms with Gasteiger partial charge in [0.25, 0.3) is 17.6 Å². The molecule has 0 bridgehead atoms. The number of rotatable bonds is 9. The molecule has 6 aliphatic rings. The van der Waals surface area contributed by atoms with E-state index in [2.05, 4.69) is 102 Å². The second-order valence-electron chi connectivity index (χ2n) is 17.6. The number of pyridine rings is 3. The van der Waals surface area contributed by atoms with Crippen molar-refractivity contribution in [1.82, 2.24) is 29.7 Å². The zero-order valence-corrected chi connectivity index (χ0v) is 38.9. The van der Waals surface area contributed by atoms with Gasteiger partial charge in [-0.15, -0.1) is 0 Å². The van der Waals surface area contributed by atoms with Gasteiger partial charge in [0.2, 0.25) is 0 Å². The normalized spacial score (nSPS) is 21.1. The summed E-state index contributed by atoms with van der Waals surface area (Å²) in [5.74, 6) is 3.86. The molecule has 3 saturated heterocycles. The molecule has 0 amide bonds. The second kappa shape index (κ2) is 23.3. The molecule has 3 atom stereocenters. The molecule has 6 aromatic rings. The molecule has 12 rings (SSSR count). The monoisotopic (exact) mass is 936 g/mol. The first-order valence-corrected chi connectivity index (χ1v) is 24.1. The Bertz CT molecular complexity index is 2240. The quantitative estimate of drug-likeness (QED) is 0.144. The minimum absolute atomic E-state index is 0.102. The third-order valence-corrected chi connectivity index (χ3v) is 12.7. The number of aromatic nitrogens is 3. The topological polar surface area (TPSA) is 131 Å². The molecule has 360 valence electrons. The van der Waals surface area contributed by atoms with Crippen molar-refractivity contribution in [3.8, 4) is 34.9 Å². The molecule has 1 unspecified atom stereocenters. The first-order chi connectivity index (χ1) is 34.1. The number of nitrogens with zero attached hydrogens (tertiary/aromatic N) is 6. The zero-order valence-electron chi connectivity index (χ0n) is 38.9. The van der Waals surface area contributed by atoms with E-state index in [-0.39, 0.29) is 18.3 Å². The molecule has 0 spiro atoms. The van der Waals surface area contributed by atoms with Gasteiger partial charge in [-0.1, -0.05) is 72.8 Å². The van der Waals surface area contributed by atoms with Crippen molar-refractivity contribution < 1.29 is 42.6 Å². The first-order valence-electron chi connectivity index (χ1n) is 24.1.